The summed E-state index contributed by atoms with van der Waals surface area (Å²) < 4.78 is 0. The van der Waals surface area contributed by atoms with Gasteiger partial charge in [0.2, 0.25) is 0 Å². The normalized spacial score (nSPS) is 11.1. The zero-order valence-corrected chi connectivity index (χ0v) is 11.4. The highest BCUT2D eigenvalue weighted by Gasteiger charge is 2.13. The Hall–Kier alpha value is -1.64. The highest BCUT2D eigenvalue weighted by Crippen LogP contribution is 2.30. The molecule has 0 spiro atoms. The molecule has 2 nitrogen and oxygen atoms in total. The van der Waals surface area contributed by atoms with Gasteiger partial charge in [0.15, 0.2) is 5.82 Å². The molecule has 94 valence electrons. The second-order valence-corrected chi connectivity index (χ2v) is 5.21. The number of benzene rings is 2. The predicted octanol–water partition coefficient (Wildman–Crippen LogP) is 4.77. The van der Waals surface area contributed by atoms with Gasteiger partial charge in [-0.05, 0) is 6.07 Å². The molecule has 19 heavy (non-hydrogen) atoms. The topological polar surface area (TPSA) is 25.8 Å². The Morgan fingerprint density at radius 1 is 0.789 bits per heavy atom. The number of fused-ring (bicyclic) bond motifs is 1. The van der Waals surface area contributed by atoms with Crippen LogP contribution in [0.3, 0.4) is 0 Å². The summed E-state index contributed by atoms with van der Waals surface area (Å²) >= 11 is 12.0. The molecule has 0 radical (unpaired) electrons. The first-order chi connectivity index (χ1) is 9.25. The van der Waals surface area contributed by atoms with Crippen molar-refractivity contribution in [3.05, 3.63) is 60.3 Å². The van der Waals surface area contributed by atoms with Crippen molar-refractivity contribution in [3.8, 4) is 11.4 Å². The Balaban J connectivity index is 2.28. The molecule has 2 aromatic carbocycles. The van der Waals surface area contributed by atoms with Crippen molar-refractivity contribution in [1.29, 1.82) is 0 Å². The van der Waals surface area contributed by atoms with E-state index >= 15 is 0 Å². The van der Waals surface area contributed by atoms with Gasteiger partial charge in [-0.25, -0.2) is 9.97 Å². The fraction of sp³-hybridized carbons (Fsp3) is 0.0667. The van der Waals surface area contributed by atoms with Gasteiger partial charge in [-0.1, -0.05) is 71.7 Å². The largest absolute Gasteiger partial charge is 0.230 e. The van der Waals surface area contributed by atoms with Gasteiger partial charge in [-0.3, -0.25) is 0 Å². The molecule has 1 aromatic heterocycles. The maximum Gasteiger partial charge on any atom is 0.160 e. The standard InChI is InChI=1S/C15H10Cl2N2/c16-14(17)13-11-8-4-5-9-12(11)18-15(19-13)10-6-2-1-3-7-10/h1-9,14H. The summed E-state index contributed by atoms with van der Waals surface area (Å²) in [4.78, 5) is 8.38. The highest BCUT2D eigenvalue weighted by atomic mass is 35.5. The minimum atomic E-state index is -0.671. The first-order valence-corrected chi connectivity index (χ1v) is 6.73. The average molecular weight is 289 g/mol. The van der Waals surface area contributed by atoms with Crippen LogP contribution in [-0.2, 0) is 0 Å². The number of nitrogens with zero attached hydrogens (tertiary/aromatic N) is 2. The average Bonchev–Trinajstić information content (AvgIpc) is 2.47. The minimum Gasteiger partial charge on any atom is -0.230 e. The lowest BCUT2D eigenvalue weighted by molar-refractivity contribution is 1.12. The molecule has 1 heterocycles. The van der Waals surface area contributed by atoms with Crippen molar-refractivity contribution in [3.63, 3.8) is 0 Å². The van der Waals surface area contributed by atoms with E-state index in [1.807, 2.05) is 54.6 Å². The smallest absolute Gasteiger partial charge is 0.160 e. The van der Waals surface area contributed by atoms with Gasteiger partial charge in [-0.2, -0.15) is 0 Å². The maximum atomic E-state index is 6.02. The first-order valence-electron chi connectivity index (χ1n) is 5.86. The van der Waals surface area contributed by atoms with E-state index in [2.05, 4.69) is 9.97 Å². The van der Waals surface area contributed by atoms with Crippen molar-refractivity contribution >= 4 is 34.1 Å². The molecule has 0 bridgehead atoms. The zero-order valence-electron chi connectivity index (χ0n) is 9.92. The summed E-state index contributed by atoms with van der Waals surface area (Å²) in [5.41, 5.74) is 2.44. The van der Waals surface area contributed by atoms with Crippen molar-refractivity contribution in [2.75, 3.05) is 0 Å². The Morgan fingerprint density at radius 2 is 1.47 bits per heavy atom. The molecular formula is C15H10Cl2N2. The SMILES string of the molecule is ClC(Cl)c1nc(-c2ccccc2)nc2ccccc12. The van der Waals surface area contributed by atoms with E-state index in [0.717, 1.165) is 16.5 Å². The summed E-state index contributed by atoms with van der Waals surface area (Å²) in [5, 5.41) is 0.886. The van der Waals surface area contributed by atoms with Crippen LogP contribution < -0.4 is 0 Å². The van der Waals surface area contributed by atoms with E-state index in [9.17, 15) is 0 Å². The third-order valence-corrected chi connectivity index (χ3v) is 3.28. The third-order valence-electron chi connectivity index (χ3n) is 2.87. The molecule has 3 aromatic rings. The van der Waals surface area contributed by atoms with E-state index < -0.39 is 4.84 Å². The second kappa shape index (κ2) is 5.16. The minimum absolute atomic E-state index is 0.639. The van der Waals surface area contributed by atoms with Gasteiger partial charge in [0.1, 0.15) is 4.84 Å². The summed E-state index contributed by atoms with van der Waals surface area (Å²) in [6.45, 7) is 0. The molecule has 0 fully saturated rings. The Morgan fingerprint density at radius 3 is 2.21 bits per heavy atom. The van der Waals surface area contributed by atoms with Crippen LogP contribution in [0.2, 0.25) is 0 Å². The van der Waals surface area contributed by atoms with E-state index in [0.29, 0.717) is 11.5 Å². The summed E-state index contributed by atoms with van der Waals surface area (Å²) in [6, 6.07) is 17.5. The Bertz CT molecular complexity index is 712. The van der Waals surface area contributed by atoms with Crippen LogP contribution in [0.1, 0.15) is 10.5 Å². The first kappa shape index (κ1) is 12.4. The van der Waals surface area contributed by atoms with Crippen molar-refractivity contribution in [1.82, 2.24) is 9.97 Å². The molecule has 3 rings (SSSR count). The van der Waals surface area contributed by atoms with E-state index in [-0.39, 0.29) is 0 Å². The van der Waals surface area contributed by atoms with E-state index in [4.69, 9.17) is 23.2 Å². The van der Waals surface area contributed by atoms with Crippen LogP contribution >= 0.6 is 23.2 Å². The summed E-state index contributed by atoms with van der Waals surface area (Å²) in [7, 11) is 0. The molecule has 0 atom stereocenters. The Kier molecular flexibility index (Phi) is 3.36. The molecular weight excluding hydrogens is 279 g/mol. The number of hydrogen-bond acceptors (Lipinski definition) is 2. The monoisotopic (exact) mass is 288 g/mol. The number of rotatable bonds is 2. The van der Waals surface area contributed by atoms with Crippen LogP contribution in [0.25, 0.3) is 22.3 Å². The van der Waals surface area contributed by atoms with Crippen molar-refractivity contribution in [2.45, 2.75) is 4.84 Å². The lowest BCUT2D eigenvalue weighted by Gasteiger charge is -2.09. The Labute approximate surface area is 121 Å². The molecule has 4 heteroatoms. The molecule has 0 saturated carbocycles. The number of hydrogen-bond donors (Lipinski definition) is 0. The molecule has 0 aliphatic rings. The lowest BCUT2D eigenvalue weighted by Crippen LogP contribution is -1.97. The van der Waals surface area contributed by atoms with E-state index in [1.54, 1.807) is 0 Å². The van der Waals surface area contributed by atoms with Gasteiger partial charge in [0.05, 0.1) is 11.2 Å². The van der Waals surface area contributed by atoms with Crippen LogP contribution in [0.15, 0.2) is 54.6 Å². The van der Waals surface area contributed by atoms with Gasteiger partial charge < -0.3 is 0 Å². The zero-order chi connectivity index (χ0) is 13.2. The summed E-state index contributed by atoms with van der Waals surface area (Å²) in [6.07, 6.45) is 0. The lowest BCUT2D eigenvalue weighted by atomic mass is 10.1. The van der Waals surface area contributed by atoms with E-state index in [1.165, 1.54) is 0 Å². The molecule has 0 saturated heterocycles. The highest BCUT2D eigenvalue weighted by molar-refractivity contribution is 6.44. The fourth-order valence-electron chi connectivity index (χ4n) is 1.98. The van der Waals surface area contributed by atoms with Gasteiger partial charge in [-0.15, -0.1) is 0 Å². The molecule has 0 N–H and O–H groups in total. The fourth-order valence-corrected chi connectivity index (χ4v) is 2.32. The quantitative estimate of drug-likeness (QED) is 0.635. The number of para-hydroxylation sites is 1. The number of alkyl halides is 2. The number of aromatic nitrogens is 2. The van der Waals surface area contributed by atoms with Gasteiger partial charge in [0, 0.05) is 10.9 Å². The van der Waals surface area contributed by atoms with Crippen LogP contribution in [0.5, 0.6) is 0 Å². The van der Waals surface area contributed by atoms with Gasteiger partial charge >= 0.3 is 0 Å². The van der Waals surface area contributed by atoms with Crippen molar-refractivity contribution < 1.29 is 0 Å². The van der Waals surface area contributed by atoms with Crippen LogP contribution in [0, 0.1) is 0 Å². The van der Waals surface area contributed by atoms with Crippen LogP contribution in [0.4, 0.5) is 0 Å². The molecule has 0 unspecified atom stereocenters. The van der Waals surface area contributed by atoms with Crippen LogP contribution in [-0.4, -0.2) is 9.97 Å². The number of halogens is 2. The molecule has 0 amide bonds. The predicted molar refractivity (Wildman–Crippen MR) is 79.4 cm³/mol. The summed E-state index contributed by atoms with van der Waals surface area (Å²) in [5.74, 6) is 0.639. The molecule has 0 aliphatic heterocycles. The second-order valence-electron chi connectivity index (χ2n) is 4.12. The third kappa shape index (κ3) is 2.42. The maximum absolute atomic E-state index is 6.02. The molecule has 0 aliphatic carbocycles. The van der Waals surface area contributed by atoms with Gasteiger partial charge in [0.25, 0.3) is 0 Å². The van der Waals surface area contributed by atoms with Crippen molar-refractivity contribution in [2.24, 2.45) is 0 Å².